The van der Waals surface area contributed by atoms with Gasteiger partial charge in [0.25, 0.3) is 0 Å². The second-order valence-electron chi connectivity index (χ2n) is 3.34. The third-order valence-corrected chi connectivity index (χ3v) is 1.83. The predicted molar refractivity (Wildman–Crippen MR) is 51.2 cm³/mol. The molecule has 0 aliphatic heterocycles. The molecule has 1 aromatic rings. The van der Waals surface area contributed by atoms with Crippen LogP contribution >= 0.6 is 0 Å². The molecular formula is C9H17N3O. The van der Waals surface area contributed by atoms with Crippen LogP contribution in [0.1, 0.15) is 18.9 Å². The number of nitrogens with one attached hydrogen (secondary N) is 1. The van der Waals surface area contributed by atoms with Gasteiger partial charge in [-0.1, -0.05) is 0 Å². The number of aliphatic hydroxyl groups excluding tert-OH is 1. The maximum absolute atomic E-state index is 9.00. The van der Waals surface area contributed by atoms with Gasteiger partial charge in [-0.25, -0.2) is 0 Å². The number of rotatable bonds is 5. The van der Waals surface area contributed by atoms with Crippen LogP contribution in [0.4, 0.5) is 0 Å². The summed E-state index contributed by atoms with van der Waals surface area (Å²) in [6.07, 6.45) is 4.40. The molecule has 0 aliphatic rings. The quantitative estimate of drug-likeness (QED) is 0.645. The maximum Gasteiger partial charge on any atom is 0.0534 e. The van der Waals surface area contributed by atoms with E-state index in [0.717, 1.165) is 19.5 Å². The zero-order chi connectivity index (χ0) is 9.68. The van der Waals surface area contributed by atoms with E-state index in [4.69, 9.17) is 5.11 Å². The highest BCUT2D eigenvalue weighted by molar-refractivity contribution is 5.02. The Hall–Kier alpha value is -0.870. The zero-order valence-corrected chi connectivity index (χ0v) is 8.20. The standard InChI is InChI=1S/C9H17N3O/c1-8(13)3-4-10-5-9-6-11-12(2)7-9/h6-8,10,13H,3-5H2,1-2H3/t8-/m1/s1. The van der Waals surface area contributed by atoms with Crippen LogP contribution in [0.25, 0.3) is 0 Å². The van der Waals surface area contributed by atoms with Gasteiger partial charge in [-0.2, -0.15) is 5.10 Å². The summed E-state index contributed by atoms with van der Waals surface area (Å²) in [5.74, 6) is 0. The summed E-state index contributed by atoms with van der Waals surface area (Å²) < 4.78 is 1.78. The first-order chi connectivity index (χ1) is 6.18. The molecule has 2 N–H and O–H groups in total. The number of aromatic nitrogens is 2. The average molecular weight is 183 g/mol. The van der Waals surface area contributed by atoms with E-state index >= 15 is 0 Å². The van der Waals surface area contributed by atoms with E-state index in [1.807, 2.05) is 19.4 Å². The van der Waals surface area contributed by atoms with E-state index in [1.54, 1.807) is 11.6 Å². The summed E-state index contributed by atoms with van der Waals surface area (Å²) in [6.45, 7) is 3.46. The van der Waals surface area contributed by atoms with E-state index in [-0.39, 0.29) is 6.10 Å². The van der Waals surface area contributed by atoms with Crippen molar-refractivity contribution >= 4 is 0 Å². The largest absolute Gasteiger partial charge is 0.393 e. The monoisotopic (exact) mass is 183 g/mol. The minimum atomic E-state index is -0.221. The van der Waals surface area contributed by atoms with Crippen LogP contribution in [0.2, 0.25) is 0 Å². The lowest BCUT2D eigenvalue weighted by molar-refractivity contribution is 0.183. The van der Waals surface area contributed by atoms with Crippen LogP contribution < -0.4 is 5.32 Å². The van der Waals surface area contributed by atoms with Crippen molar-refractivity contribution in [2.75, 3.05) is 6.54 Å². The molecule has 0 unspecified atom stereocenters. The van der Waals surface area contributed by atoms with Crippen molar-refractivity contribution in [1.29, 1.82) is 0 Å². The molecule has 0 fully saturated rings. The molecule has 0 radical (unpaired) electrons. The number of aliphatic hydroxyl groups is 1. The van der Waals surface area contributed by atoms with E-state index in [9.17, 15) is 0 Å². The molecule has 0 aliphatic carbocycles. The molecule has 1 aromatic heterocycles. The lowest BCUT2D eigenvalue weighted by Gasteiger charge is -2.04. The highest BCUT2D eigenvalue weighted by Gasteiger charge is 1.97. The first-order valence-corrected chi connectivity index (χ1v) is 4.55. The Morgan fingerprint density at radius 2 is 2.46 bits per heavy atom. The Bertz CT molecular complexity index is 245. The molecule has 0 bridgehead atoms. The van der Waals surface area contributed by atoms with Crippen LogP contribution in [0.5, 0.6) is 0 Å². The first kappa shape index (κ1) is 10.2. The molecule has 0 saturated carbocycles. The summed E-state index contributed by atoms with van der Waals surface area (Å²) in [6, 6.07) is 0. The summed E-state index contributed by atoms with van der Waals surface area (Å²) in [7, 11) is 1.90. The minimum absolute atomic E-state index is 0.221. The summed E-state index contributed by atoms with van der Waals surface area (Å²) in [5, 5.41) is 16.3. The molecule has 13 heavy (non-hydrogen) atoms. The third kappa shape index (κ3) is 4.05. The van der Waals surface area contributed by atoms with Gasteiger partial charge in [-0.3, -0.25) is 4.68 Å². The van der Waals surface area contributed by atoms with Crippen molar-refractivity contribution in [2.24, 2.45) is 7.05 Å². The molecule has 4 nitrogen and oxygen atoms in total. The number of aryl methyl sites for hydroxylation is 1. The zero-order valence-electron chi connectivity index (χ0n) is 8.20. The number of hydrogen-bond acceptors (Lipinski definition) is 3. The Morgan fingerprint density at radius 1 is 1.69 bits per heavy atom. The Kier molecular flexibility index (Phi) is 3.92. The highest BCUT2D eigenvalue weighted by Crippen LogP contribution is 1.95. The Balaban J connectivity index is 2.13. The normalized spacial score (nSPS) is 13.2. The molecule has 0 amide bonds. The van der Waals surface area contributed by atoms with Crippen LogP contribution in [0.15, 0.2) is 12.4 Å². The topological polar surface area (TPSA) is 50.1 Å². The van der Waals surface area contributed by atoms with Gasteiger partial charge in [0, 0.05) is 25.4 Å². The van der Waals surface area contributed by atoms with E-state index < -0.39 is 0 Å². The predicted octanol–water partition coefficient (Wildman–Crippen LogP) is 0.281. The van der Waals surface area contributed by atoms with Gasteiger partial charge in [0.2, 0.25) is 0 Å². The molecular weight excluding hydrogens is 166 g/mol. The summed E-state index contributed by atoms with van der Waals surface area (Å²) in [4.78, 5) is 0. The molecule has 0 aromatic carbocycles. The number of nitrogens with zero attached hydrogens (tertiary/aromatic N) is 2. The summed E-state index contributed by atoms with van der Waals surface area (Å²) in [5.41, 5.74) is 1.17. The van der Waals surface area contributed by atoms with Gasteiger partial charge in [0.15, 0.2) is 0 Å². The van der Waals surface area contributed by atoms with Crippen LogP contribution in [-0.2, 0) is 13.6 Å². The van der Waals surface area contributed by atoms with Crippen molar-refractivity contribution in [1.82, 2.24) is 15.1 Å². The second-order valence-corrected chi connectivity index (χ2v) is 3.34. The van der Waals surface area contributed by atoms with Gasteiger partial charge in [-0.05, 0) is 19.9 Å². The van der Waals surface area contributed by atoms with Crippen molar-refractivity contribution in [3.8, 4) is 0 Å². The fraction of sp³-hybridized carbons (Fsp3) is 0.667. The molecule has 1 rings (SSSR count). The van der Waals surface area contributed by atoms with Crippen molar-refractivity contribution in [3.63, 3.8) is 0 Å². The fourth-order valence-corrected chi connectivity index (χ4v) is 1.11. The minimum Gasteiger partial charge on any atom is -0.393 e. The van der Waals surface area contributed by atoms with Crippen LogP contribution in [-0.4, -0.2) is 27.5 Å². The second kappa shape index (κ2) is 4.99. The van der Waals surface area contributed by atoms with Crippen LogP contribution in [0.3, 0.4) is 0 Å². The first-order valence-electron chi connectivity index (χ1n) is 4.55. The third-order valence-electron chi connectivity index (χ3n) is 1.83. The van der Waals surface area contributed by atoms with Crippen molar-refractivity contribution in [2.45, 2.75) is 26.0 Å². The molecule has 0 saturated heterocycles. The number of hydrogen-bond donors (Lipinski definition) is 2. The molecule has 1 atom stereocenters. The van der Waals surface area contributed by atoms with E-state index in [2.05, 4.69) is 10.4 Å². The smallest absolute Gasteiger partial charge is 0.0534 e. The summed E-state index contributed by atoms with van der Waals surface area (Å²) >= 11 is 0. The van der Waals surface area contributed by atoms with Crippen molar-refractivity contribution in [3.05, 3.63) is 18.0 Å². The lowest BCUT2D eigenvalue weighted by Crippen LogP contribution is -2.18. The Morgan fingerprint density at radius 3 is 3.00 bits per heavy atom. The van der Waals surface area contributed by atoms with E-state index in [0.29, 0.717) is 0 Å². The lowest BCUT2D eigenvalue weighted by atomic mass is 10.3. The SMILES string of the molecule is C[C@@H](O)CCNCc1cnn(C)c1. The van der Waals surface area contributed by atoms with Crippen LogP contribution in [0, 0.1) is 0 Å². The Labute approximate surface area is 78.6 Å². The van der Waals surface area contributed by atoms with E-state index in [1.165, 1.54) is 5.56 Å². The average Bonchev–Trinajstić information content (AvgIpc) is 2.45. The molecule has 4 heteroatoms. The molecule has 1 heterocycles. The van der Waals surface area contributed by atoms with Gasteiger partial charge >= 0.3 is 0 Å². The molecule has 74 valence electrons. The van der Waals surface area contributed by atoms with Crippen molar-refractivity contribution < 1.29 is 5.11 Å². The highest BCUT2D eigenvalue weighted by atomic mass is 16.3. The maximum atomic E-state index is 9.00. The van der Waals surface area contributed by atoms with Gasteiger partial charge in [0.05, 0.1) is 12.3 Å². The molecule has 0 spiro atoms. The van der Waals surface area contributed by atoms with Gasteiger partial charge in [0.1, 0.15) is 0 Å². The fourth-order valence-electron chi connectivity index (χ4n) is 1.11. The van der Waals surface area contributed by atoms with Gasteiger partial charge < -0.3 is 10.4 Å². The van der Waals surface area contributed by atoms with Gasteiger partial charge in [-0.15, -0.1) is 0 Å².